The molecular weight excluding hydrogens is 1050 g/mol. The molecule has 4 saturated heterocycles. The third kappa shape index (κ3) is 12.0. The summed E-state index contributed by atoms with van der Waals surface area (Å²) in [5.74, 6) is 17.3. The van der Waals surface area contributed by atoms with E-state index in [1.54, 1.807) is 12.8 Å². The maximum atomic E-state index is 4.34. The maximum absolute atomic E-state index is 4.34. The Labute approximate surface area is 529 Å². The fourth-order valence-electron chi connectivity index (χ4n) is 28.3. The van der Waals surface area contributed by atoms with Crippen molar-refractivity contribution in [2.45, 2.75) is 372 Å². The Morgan fingerprint density at radius 1 is 0.221 bits per heavy atom. The van der Waals surface area contributed by atoms with Crippen molar-refractivity contribution in [1.29, 1.82) is 0 Å². The van der Waals surface area contributed by atoms with Crippen molar-refractivity contribution in [2.75, 3.05) is 0 Å². The first kappa shape index (κ1) is 61.8. The van der Waals surface area contributed by atoms with Crippen molar-refractivity contribution in [3.05, 3.63) is 0 Å². The first-order chi connectivity index (χ1) is 42.1. The average Bonchev–Trinajstić information content (AvgIpc) is 1.78. The summed E-state index contributed by atoms with van der Waals surface area (Å²) in [6.45, 7) is 16.8. The van der Waals surface area contributed by atoms with E-state index in [-0.39, 0.29) is 0 Å². The number of fused-ring (bicyclic) bond motifs is 7. The highest BCUT2D eigenvalue weighted by Gasteiger charge is 2.66. The second-order valence-corrected chi connectivity index (χ2v) is 35.8. The Kier molecular flexibility index (Phi) is 19.5. The minimum absolute atomic E-state index is 0.498. The van der Waals surface area contributed by atoms with Gasteiger partial charge in [0.05, 0.1) is 37.0 Å². The molecule has 22 unspecified atom stereocenters. The zero-order chi connectivity index (χ0) is 58.2. The van der Waals surface area contributed by atoms with Gasteiger partial charge in [-0.05, 0) is 272 Å². The van der Waals surface area contributed by atoms with Crippen molar-refractivity contribution in [3.63, 3.8) is 0 Å². The molecule has 6 N–H and O–H groups in total. The number of rotatable bonds is 10. The van der Waals surface area contributed by atoms with Crippen molar-refractivity contribution in [3.8, 4) is 0 Å². The summed E-state index contributed by atoms with van der Waals surface area (Å²) in [7, 11) is 0. The van der Waals surface area contributed by atoms with Gasteiger partial charge in [0.15, 0.2) is 0 Å². The minimum Gasteiger partial charge on any atom is -0.293 e. The molecule has 0 aromatic heterocycles. The largest absolute Gasteiger partial charge is 0.293 e. The summed E-state index contributed by atoms with van der Waals surface area (Å²) < 4.78 is 0. The van der Waals surface area contributed by atoms with Gasteiger partial charge in [-0.1, -0.05) is 144 Å². The predicted molar refractivity (Wildman–Crippen MR) is 356 cm³/mol. The summed E-state index contributed by atoms with van der Waals surface area (Å²) in [5, 5.41) is 25.9. The number of hydrogen-bond donors (Lipinski definition) is 6. The van der Waals surface area contributed by atoms with Gasteiger partial charge < -0.3 is 0 Å². The van der Waals surface area contributed by atoms with E-state index < -0.39 is 0 Å². The van der Waals surface area contributed by atoms with Crippen LogP contribution in [0.3, 0.4) is 0 Å². The molecule has 15 rings (SSSR count). The van der Waals surface area contributed by atoms with Crippen molar-refractivity contribution < 1.29 is 0 Å². The van der Waals surface area contributed by atoms with E-state index in [1.165, 1.54) is 244 Å². The summed E-state index contributed by atoms with van der Waals surface area (Å²) >= 11 is 0. The molecule has 0 bridgehead atoms. The van der Waals surface area contributed by atoms with Crippen LogP contribution in [-0.4, -0.2) is 83.0 Å². The van der Waals surface area contributed by atoms with E-state index in [4.69, 9.17) is 0 Å². The highest BCUT2D eigenvalue weighted by molar-refractivity contribution is 5.18. The van der Waals surface area contributed by atoms with E-state index in [9.17, 15) is 0 Å². The Morgan fingerprint density at radius 3 is 0.779 bits per heavy atom. The predicted octanol–water partition coefficient (Wildman–Crippen LogP) is 16.5. The quantitative estimate of drug-likeness (QED) is 0.129. The lowest BCUT2D eigenvalue weighted by atomic mass is 9.58. The normalized spacial score (nSPS) is 52.0. The van der Waals surface area contributed by atoms with Gasteiger partial charge in [0, 0.05) is 36.3 Å². The zero-order valence-corrected chi connectivity index (χ0v) is 56.7. The number of nitrogens with one attached hydrogen (secondary N) is 6. The fourth-order valence-corrected chi connectivity index (χ4v) is 28.3. The van der Waals surface area contributed by atoms with Gasteiger partial charge in [-0.2, -0.15) is 0 Å². The summed E-state index contributed by atoms with van der Waals surface area (Å²) in [4.78, 5) is 7.01. The summed E-state index contributed by atoms with van der Waals surface area (Å²) in [6, 6.07) is 5.00. The first-order valence-electron chi connectivity index (χ1n) is 40.3. The average molecular weight is 1190 g/mol. The summed E-state index contributed by atoms with van der Waals surface area (Å²) in [6.07, 6.45) is 61.6. The molecule has 86 heavy (non-hydrogen) atoms. The molecule has 0 aromatic carbocycles. The van der Waals surface area contributed by atoms with E-state index in [0.717, 1.165) is 155 Å². The summed E-state index contributed by atoms with van der Waals surface area (Å²) in [5.41, 5.74) is 0. The molecular formula is C78H136N8. The smallest absolute Gasteiger partial charge is 0.0624 e. The molecule has 22 atom stereocenters. The van der Waals surface area contributed by atoms with Crippen LogP contribution < -0.4 is 31.9 Å². The zero-order valence-electron chi connectivity index (χ0n) is 56.7. The Hall–Kier alpha value is -0.320. The van der Waals surface area contributed by atoms with Gasteiger partial charge in [0.25, 0.3) is 0 Å². The third-order valence-electron chi connectivity index (χ3n) is 31.4. The van der Waals surface area contributed by atoms with Crippen molar-refractivity contribution in [2.24, 2.45) is 118 Å². The van der Waals surface area contributed by atoms with Gasteiger partial charge in [-0.3, -0.25) is 41.7 Å². The maximum Gasteiger partial charge on any atom is 0.0624 e. The molecule has 15 aliphatic rings. The lowest BCUT2D eigenvalue weighted by Gasteiger charge is -2.56. The third-order valence-corrected chi connectivity index (χ3v) is 31.4. The standard InChI is InChI=1S/C78H136N8/c1-47-45-49(3)71(51(5)67(47)53-35-39-59(40-36-53)77-81-73(55-23-11-7-12-24-55)79-74(82-77)56-25-13-8-14-26-56)85-63-33-21-19-31-61(63)69-65(85)43-44-66-70(69)62-32-20-22-34-64(62)86(66)72-50(4)46-48(2)68(52(72)6)54-37-41-60(42-38-54)78-83-75(57-27-15-9-16-28-57)80-76(84-78)58-29-17-10-18-30-58/h47-84H,7-46H2,1-6H3. The Morgan fingerprint density at radius 2 is 0.477 bits per heavy atom. The minimum atomic E-state index is 0.498. The van der Waals surface area contributed by atoms with Crippen molar-refractivity contribution >= 4 is 0 Å². The van der Waals surface area contributed by atoms with Crippen LogP contribution in [-0.2, 0) is 0 Å². The first-order valence-corrected chi connectivity index (χ1v) is 40.3. The topological polar surface area (TPSA) is 78.7 Å². The molecule has 0 radical (unpaired) electrons. The molecule has 0 spiro atoms. The number of nitrogens with zero attached hydrogens (tertiary/aromatic N) is 2. The van der Waals surface area contributed by atoms with Crippen LogP contribution in [0.4, 0.5) is 0 Å². The van der Waals surface area contributed by atoms with E-state index >= 15 is 0 Å². The van der Waals surface area contributed by atoms with Gasteiger partial charge in [-0.15, -0.1) is 0 Å². The number of likely N-dealkylation sites (tertiary alicyclic amines) is 2. The molecule has 4 aliphatic heterocycles. The fraction of sp³-hybridized carbons (Fsp3) is 1.00. The monoisotopic (exact) mass is 1190 g/mol. The SMILES string of the molecule is CC1CC(C)C(N2C3CCCCC3C3C4C5CCCCC5N(C5C(C)CC(C)C(C6CCC(C7NC(C8CCCCC8)NC(C8CCCCC8)N7)CC6)C5C)C4CCC32)C(C)C1C1CCC(C2NC(C3CCCCC3)NC(C3CCCCC3)N2)CC1. The Balaban J connectivity index is 0.631. The van der Waals surface area contributed by atoms with Crippen LogP contribution in [0.1, 0.15) is 298 Å². The highest BCUT2D eigenvalue weighted by Crippen LogP contribution is 2.64. The second kappa shape index (κ2) is 27.2. The molecule has 11 aliphatic carbocycles. The van der Waals surface area contributed by atoms with Gasteiger partial charge in [-0.25, -0.2) is 0 Å². The Bertz CT molecular complexity index is 1930. The van der Waals surface area contributed by atoms with Crippen LogP contribution in [0, 0.1) is 118 Å². The van der Waals surface area contributed by atoms with Gasteiger partial charge >= 0.3 is 0 Å². The van der Waals surface area contributed by atoms with Crippen LogP contribution in [0.2, 0.25) is 0 Å². The van der Waals surface area contributed by atoms with E-state index in [1.807, 2.05) is 0 Å². The van der Waals surface area contributed by atoms with Crippen LogP contribution >= 0.6 is 0 Å². The lowest BCUT2D eigenvalue weighted by molar-refractivity contribution is -0.0719. The van der Waals surface area contributed by atoms with Crippen LogP contribution in [0.5, 0.6) is 0 Å². The van der Waals surface area contributed by atoms with E-state index in [2.05, 4.69) is 83.2 Å². The number of hydrogen-bond acceptors (Lipinski definition) is 8. The van der Waals surface area contributed by atoms with Gasteiger partial charge in [0.1, 0.15) is 0 Å². The van der Waals surface area contributed by atoms with Crippen LogP contribution in [0.25, 0.3) is 0 Å². The molecule has 0 amide bonds. The molecule has 11 saturated carbocycles. The van der Waals surface area contributed by atoms with E-state index in [0.29, 0.717) is 37.0 Å². The molecule has 8 heteroatoms. The second-order valence-electron chi connectivity index (χ2n) is 35.8. The molecule has 8 nitrogen and oxygen atoms in total. The molecule has 488 valence electrons. The van der Waals surface area contributed by atoms with Crippen LogP contribution in [0.15, 0.2) is 0 Å². The molecule has 4 heterocycles. The molecule has 0 aromatic rings. The van der Waals surface area contributed by atoms with Crippen molar-refractivity contribution in [1.82, 2.24) is 41.7 Å². The lowest BCUT2D eigenvalue weighted by Crippen LogP contribution is -2.72. The highest BCUT2D eigenvalue weighted by atomic mass is 15.4. The molecule has 15 fully saturated rings. The van der Waals surface area contributed by atoms with Gasteiger partial charge in [0.2, 0.25) is 0 Å².